The van der Waals surface area contributed by atoms with Gasteiger partial charge in [-0.05, 0) is 31.2 Å². The molecule has 0 aromatic heterocycles. The number of rotatable bonds is 2. The molecule has 0 saturated heterocycles. The Balaban J connectivity index is 1.95. The zero-order chi connectivity index (χ0) is 14.3. The summed E-state index contributed by atoms with van der Waals surface area (Å²) in [5, 5.41) is 7.08. The van der Waals surface area contributed by atoms with Crippen molar-refractivity contribution in [1.82, 2.24) is 0 Å². The minimum atomic E-state index is -0.441. The van der Waals surface area contributed by atoms with Crippen molar-refractivity contribution in [2.75, 3.05) is 10.6 Å². The van der Waals surface area contributed by atoms with Crippen molar-refractivity contribution >= 4 is 40.5 Å². The Bertz CT molecular complexity index is 700. The standard InChI is InChI=1S/C15H12Cl2N2O/c1-8-2-4-12-10(6-8)14(15(20)19-12)18-13-5-3-9(16)7-11(13)17/h2-7,14,18H,1H3,(H,19,20). The number of anilines is 2. The third-order valence-corrected chi connectivity index (χ3v) is 3.82. The Labute approximate surface area is 126 Å². The van der Waals surface area contributed by atoms with Crippen LogP contribution in [0.2, 0.25) is 10.0 Å². The van der Waals surface area contributed by atoms with E-state index >= 15 is 0 Å². The Hall–Kier alpha value is -1.71. The number of amides is 1. The second kappa shape index (κ2) is 5.00. The van der Waals surface area contributed by atoms with Gasteiger partial charge in [-0.3, -0.25) is 4.79 Å². The highest BCUT2D eigenvalue weighted by Gasteiger charge is 2.30. The summed E-state index contributed by atoms with van der Waals surface area (Å²) in [4.78, 5) is 12.1. The topological polar surface area (TPSA) is 41.1 Å². The first-order chi connectivity index (χ1) is 9.54. The normalized spacial score (nSPS) is 16.8. The van der Waals surface area contributed by atoms with Gasteiger partial charge in [0.15, 0.2) is 0 Å². The molecule has 1 amide bonds. The molecular formula is C15H12Cl2N2O. The molecule has 0 saturated carbocycles. The summed E-state index contributed by atoms with van der Waals surface area (Å²) in [6.45, 7) is 2.00. The highest BCUT2D eigenvalue weighted by Crippen LogP contribution is 2.36. The van der Waals surface area contributed by atoms with Gasteiger partial charge in [0.2, 0.25) is 0 Å². The summed E-state index contributed by atoms with van der Waals surface area (Å²) in [7, 11) is 0. The summed E-state index contributed by atoms with van der Waals surface area (Å²) < 4.78 is 0. The smallest absolute Gasteiger partial charge is 0.251 e. The van der Waals surface area contributed by atoms with Gasteiger partial charge in [0.05, 0.1) is 10.7 Å². The van der Waals surface area contributed by atoms with Crippen LogP contribution in [0.4, 0.5) is 11.4 Å². The Morgan fingerprint density at radius 1 is 1.15 bits per heavy atom. The van der Waals surface area contributed by atoms with E-state index in [9.17, 15) is 4.79 Å². The lowest BCUT2D eigenvalue weighted by molar-refractivity contribution is -0.116. The summed E-state index contributed by atoms with van der Waals surface area (Å²) in [6.07, 6.45) is 0. The lowest BCUT2D eigenvalue weighted by Crippen LogP contribution is -2.19. The zero-order valence-corrected chi connectivity index (χ0v) is 12.2. The van der Waals surface area contributed by atoms with Crippen LogP contribution < -0.4 is 10.6 Å². The average Bonchev–Trinajstić information content (AvgIpc) is 2.69. The van der Waals surface area contributed by atoms with Gasteiger partial charge in [-0.2, -0.15) is 0 Å². The second-order valence-electron chi connectivity index (χ2n) is 4.78. The maximum atomic E-state index is 12.1. The molecule has 2 aromatic carbocycles. The van der Waals surface area contributed by atoms with Crippen molar-refractivity contribution < 1.29 is 4.79 Å². The largest absolute Gasteiger partial charge is 0.369 e. The van der Waals surface area contributed by atoms with Gasteiger partial charge in [0, 0.05) is 16.3 Å². The Morgan fingerprint density at radius 3 is 2.70 bits per heavy atom. The van der Waals surface area contributed by atoms with Crippen LogP contribution in [0.15, 0.2) is 36.4 Å². The van der Waals surface area contributed by atoms with Crippen molar-refractivity contribution in [2.24, 2.45) is 0 Å². The average molecular weight is 307 g/mol. The minimum absolute atomic E-state index is 0.0865. The third kappa shape index (κ3) is 2.35. The summed E-state index contributed by atoms with van der Waals surface area (Å²) in [6, 6.07) is 10.6. The van der Waals surface area contributed by atoms with E-state index < -0.39 is 6.04 Å². The number of benzene rings is 2. The van der Waals surface area contributed by atoms with Crippen LogP contribution in [0.5, 0.6) is 0 Å². The van der Waals surface area contributed by atoms with Crippen molar-refractivity contribution in [2.45, 2.75) is 13.0 Å². The molecule has 5 heteroatoms. The first kappa shape index (κ1) is 13.3. The van der Waals surface area contributed by atoms with Crippen LogP contribution in [0.25, 0.3) is 0 Å². The van der Waals surface area contributed by atoms with Gasteiger partial charge in [0.25, 0.3) is 5.91 Å². The van der Waals surface area contributed by atoms with E-state index in [4.69, 9.17) is 23.2 Å². The lowest BCUT2D eigenvalue weighted by atomic mass is 10.1. The molecule has 0 aliphatic carbocycles. The SMILES string of the molecule is Cc1ccc2c(c1)C(Nc1ccc(Cl)cc1Cl)C(=O)N2. The molecule has 0 fully saturated rings. The number of carbonyl (C=O) groups excluding carboxylic acids is 1. The summed E-state index contributed by atoms with van der Waals surface area (Å²) >= 11 is 12.0. The number of nitrogens with one attached hydrogen (secondary N) is 2. The molecule has 0 spiro atoms. The van der Waals surface area contributed by atoms with Crippen molar-refractivity contribution in [3.8, 4) is 0 Å². The van der Waals surface area contributed by atoms with Gasteiger partial charge >= 0.3 is 0 Å². The van der Waals surface area contributed by atoms with Gasteiger partial charge in [-0.1, -0.05) is 40.9 Å². The van der Waals surface area contributed by atoms with Crippen LogP contribution in [0, 0.1) is 6.92 Å². The summed E-state index contributed by atoms with van der Waals surface area (Å²) in [5.41, 5.74) is 3.56. The van der Waals surface area contributed by atoms with E-state index in [2.05, 4.69) is 10.6 Å². The molecule has 1 aliphatic rings. The van der Waals surface area contributed by atoms with Crippen molar-refractivity contribution in [3.05, 3.63) is 57.6 Å². The van der Waals surface area contributed by atoms with Crippen LogP contribution >= 0.6 is 23.2 Å². The first-order valence-corrected chi connectivity index (χ1v) is 6.93. The number of fused-ring (bicyclic) bond motifs is 1. The van der Waals surface area contributed by atoms with E-state index in [-0.39, 0.29) is 5.91 Å². The molecule has 1 unspecified atom stereocenters. The number of aryl methyl sites for hydroxylation is 1. The van der Waals surface area contributed by atoms with Gasteiger partial charge in [0.1, 0.15) is 6.04 Å². The van der Waals surface area contributed by atoms with Crippen molar-refractivity contribution in [3.63, 3.8) is 0 Å². The molecule has 0 radical (unpaired) electrons. The minimum Gasteiger partial charge on any atom is -0.369 e. The maximum absolute atomic E-state index is 12.1. The monoisotopic (exact) mass is 306 g/mol. The van der Waals surface area contributed by atoms with E-state index in [1.165, 1.54) is 0 Å². The van der Waals surface area contributed by atoms with E-state index in [1.807, 2.05) is 25.1 Å². The van der Waals surface area contributed by atoms with Gasteiger partial charge < -0.3 is 10.6 Å². The van der Waals surface area contributed by atoms with Crippen LogP contribution in [0.3, 0.4) is 0 Å². The zero-order valence-electron chi connectivity index (χ0n) is 10.7. The van der Waals surface area contributed by atoms with Crippen LogP contribution in [-0.4, -0.2) is 5.91 Å². The molecule has 1 aliphatic heterocycles. The number of carbonyl (C=O) groups is 1. The van der Waals surface area contributed by atoms with Gasteiger partial charge in [-0.15, -0.1) is 0 Å². The molecule has 20 heavy (non-hydrogen) atoms. The number of halogens is 2. The van der Waals surface area contributed by atoms with Crippen LogP contribution in [0.1, 0.15) is 17.2 Å². The summed E-state index contributed by atoms with van der Waals surface area (Å²) in [5.74, 6) is -0.0865. The molecule has 1 atom stereocenters. The van der Waals surface area contributed by atoms with Gasteiger partial charge in [-0.25, -0.2) is 0 Å². The Kier molecular flexibility index (Phi) is 3.32. The molecule has 3 rings (SSSR count). The van der Waals surface area contributed by atoms with Crippen molar-refractivity contribution in [1.29, 1.82) is 0 Å². The Morgan fingerprint density at radius 2 is 1.95 bits per heavy atom. The first-order valence-electron chi connectivity index (χ1n) is 6.17. The van der Waals surface area contributed by atoms with E-state index in [0.29, 0.717) is 15.7 Å². The van der Waals surface area contributed by atoms with E-state index in [1.54, 1.807) is 18.2 Å². The molecule has 1 heterocycles. The highest BCUT2D eigenvalue weighted by atomic mass is 35.5. The quantitative estimate of drug-likeness (QED) is 0.863. The third-order valence-electron chi connectivity index (χ3n) is 3.27. The molecule has 102 valence electrons. The predicted molar refractivity (Wildman–Crippen MR) is 82.6 cm³/mol. The molecule has 2 aromatic rings. The molecule has 0 bridgehead atoms. The number of hydrogen-bond donors (Lipinski definition) is 2. The molecular weight excluding hydrogens is 295 g/mol. The lowest BCUT2D eigenvalue weighted by Gasteiger charge is -2.14. The molecule has 3 nitrogen and oxygen atoms in total. The fraction of sp³-hybridized carbons (Fsp3) is 0.133. The predicted octanol–water partition coefficient (Wildman–Crippen LogP) is 4.41. The van der Waals surface area contributed by atoms with Crippen LogP contribution in [-0.2, 0) is 4.79 Å². The molecule has 2 N–H and O–H groups in total. The number of hydrogen-bond acceptors (Lipinski definition) is 2. The second-order valence-corrected chi connectivity index (χ2v) is 5.63. The maximum Gasteiger partial charge on any atom is 0.251 e. The fourth-order valence-electron chi connectivity index (χ4n) is 2.29. The highest BCUT2D eigenvalue weighted by molar-refractivity contribution is 6.36. The fourth-order valence-corrected chi connectivity index (χ4v) is 2.75. The van der Waals surface area contributed by atoms with E-state index in [0.717, 1.165) is 16.8 Å².